The molecule has 0 saturated carbocycles. The molecule has 3 aromatic rings. The first-order chi connectivity index (χ1) is 18.2. The van der Waals surface area contributed by atoms with E-state index >= 15 is 0 Å². The maximum atomic E-state index is 13.6. The van der Waals surface area contributed by atoms with Gasteiger partial charge in [-0.25, -0.2) is 13.4 Å². The normalized spacial score (nSPS) is 19.1. The van der Waals surface area contributed by atoms with Crippen LogP contribution in [0.3, 0.4) is 0 Å². The van der Waals surface area contributed by atoms with Gasteiger partial charge < -0.3 is 14.7 Å². The quantitative estimate of drug-likeness (QED) is 0.471. The molecule has 0 unspecified atom stereocenters. The molecule has 1 aliphatic rings. The minimum absolute atomic E-state index is 0.0602. The number of fused-ring (bicyclic) bond motifs is 1. The number of hydrogen-bond donors (Lipinski definition) is 1. The molecule has 1 amide bonds. The molecule has 2 aromatic carbocycles. The number of sulfonamides is 1. The number of aromatic nitrogens is 1. The van der Waals surface area contributed by atoms with E-state index in [1.807, 2.05) is 49.4 Å². The van der Waals surface area contributed by atoms with E-state index in [4.69, 9.17) is 4.74 Å². The molecule has 0 radical (unpaired) electrons. The molecule has 8 nitrogen and oxygen atoms in total. The predicted molar refractivity (Wildman–Crippen MR) is 147 cm³/mol. The lowest BCUT2D eigenvalue weighted by Gasteiger charge is -2.37. The number of benzene rings is 2. The molecule has 0 aliphatic carbocycles. The van der Waals surface area contributed by atoms with E-state index in [2.05, 4.69) is 4.98 Å². The summed E-state index contributed by atoms with van der Waals surface area (Å²) in [6, 6.07) is 19.3. The fourth-order valence-electron chi connectivity index (χ4n) is 4.31. The summed E-state index contributed by atoms with van der Waals surface area (Å²) in [6.45, 7) is 3.82. The predicted octanol–water partition coefficient (Wildman–Crippen LogP) is 3.79. The van der Waals surface area contributed by atoms with Gasteiger partial charge >= 0.3 is 0 Å². The Balaban J connectivity index is 1.67. The number of amides is 1. The third-order valence-corrected chi connectivity index (χ3v) is 8.54. The van der Waals surface area contributed by atoms with Gasteiger partial charge in [-0.15, -0.1) is 0 Å². The van der Waals surface area contributed by atoms with Crippen molar-refractivity contribution in [3.63, 3.8) is 0 Å². The monoisotopic (exact) mass is 535 g/mol. The molecule has 0 fully saturated rings. The van der Waals surface area contributed by atoms with Crippen LogP contribution in [0.1, 0.15) is 35.3 Å². The van der Waals surface area contributed by atoms with Crippen molar-refractivity contribution in [2.24, 2.45) is 5.92 Å². The zero-order valence-electron chi connectivity index (χ0n) is 21.8. The molecule has 1 N–H and O–H groups in total. The Labute approximate surface area is 224 Å². The Morgan fingerprint density at radius 3 is 2.39 bits per heavy atom. The van der Waals surface area contributed by atoms with Gasteiger partial charge in [-0.1, -0.05) is 67.6 Å². The fourth-order valence-corrected chi connectivity index (χ4v) is 5.51. The van der Waals surface area contributed by atoms with E-state index in [9.17, 15) is 18.3 Å². The first-order valence-electron chi connectivity index (χ1n) is 12.5. The highest BCUT2D eigenvalue weighted by Gasteiger charge is 2.35. The third-order valence-electron chi connectivity index (χ3n) is 6.70. The maximum Gasteiger partial charge on any atom is 0.259 e. The summed E-state index contributed by atoms with van der Waals surface area (Å²) < 4.78 is 33.8. The second-order valence-corrected chi connectivity index (χ2v) is 11.6. The van der Waals surface area contributed by atoms with Gasteiger partial charge in [0.2, 0.25) is 15.9 Å². The van der Waals surface area contributed by atoms with Gasteiger partial charge in [-0.2, -0.15) is 4.31 Å². The molecule has 9 heteroatoms. The number of aliphatic hydroxyl groups excluding tert-OH is 1. The van der Waals surface area contributed by atoms with E-state index < -0.39 is 22.2 Å². The number of hydrogen-bond acceptors (Lipinski definition) is 6. The van der Waals surface area contributed by atoms with Gasteiger partial charge in [-0.3, -0.25) is 4.79 Å². The SMILES string of the molecule is C[C@H]1CN([C@@H](C)CO)C(=O)c2cc(/C=C/c3ccccc3)cnc2O[C@H]1CN(C)S(=O)(=O)c1ccccc1. The van der Waals surface area contributed by atoms with Crippen LogP contribution in [0, 0.1) is 5.92 Å². The highest BCUT2D eigenvalue weighted by atomic mass is 32.2. The minimum Gasteiger partial charge on any atom is -0.472 e. The molecule has 1 aromatic heterocycles. The van der Waals surface area contributed by atoms with Crippen molar-refractivity contribution in [2.45, 2.75) is 30.9 Å². The number of aliphatic hydroxyl groups is 1. The Bertz CT molecular complexity index is 1380. The van der Waals surface area contributed by atoms with Crippen molar-refractivity contribution in [3.05, 3.63) is 89.6 Å². The molecule has 2 heterocycles. The molecule has 1 aliphatic heterocycles. The Kier molecular flexibility index (Phi) is 8.61. The van der Waals surface area contributed by atoms with E-state index in [-0.39, 0.29) is 47.9 Å². The summed E-state index contributed by atoms with van der Waals surface area (Å²) in [7, 11) is -2.23. The van der Waals surface area contributed by atoms with Gasteiger partial charge in [0.05, 0.1) is 24.1 Å². The molecule has 4 rings (SSSR count). The number of ether oxygens (including phenoxy) is 1. The third kappa shape index (κ3) is 6.12. The number of carbonyl (C=O) groups is 1. The van der Waals surface area contributed by atoms with Gasteiger partial charge in [0.1, 0.15) is 11.7 Å². The molecule has 0 bridgehead atoms. The Morgan fingerprint density at radius 2 is 1.74 bits per heavy atom. The molecule has 0 spiro atoms. The Hall–Kier alpha value is -3.53. The number of pyridine rings is 1. The number of likely N-dealkylation sites (N-methyl/N-ethyl adjacent to an activating group) is 1. The van der Waals surface area contributed by atoms with Crippen LogP contribution in [0.2, 0.25) is 0 Å². The van der Waals surface area contributed by atoms with E-state index in [0.717, 1.165) is 11.1 Å². The molecule has 0 saturated heterocycles. The Morgan fingerprint density at radius 1 is 1.11 bits per heavy atom. The topological polar surface area (TPSA) is 100 Å². The van der Waals surface area contributed by atoms with Gasteiger partial charge in [0.25, 0.3) is 5.91 Å². The van der Waals surface area contributed by atoms with Crippen LogP contribution in [0.15, 0.2) is 77.8 Å². The zero-order valence-corrected chi connectivity index (χ0v) is 22.6. The summed E-state index contributed by atoms with van der Waals surface area (Å²) in [5.74, 6) is -0.391. The molecule has 200 valence electrons. The van der Waals surface area contributed by atoms with Crippen molar-refractivity contribution in [1.29, 1.82) is 0 Å². The van der Waals surface area contributed by atoms with Gasteiger partial charge in [0, 0.05) is 25.7 Å². The minimum atomic E-state index is -3.74. The van der Waals surface area contributed by atoms with Gasteiger partial charge in [-0.05, 0) is 36.2 Å². The first-order valence-corrected chi connectivity index (χ1v) is 14.0. The molecule has 38 heavy (non-hydrogen) atoms. The average molecular weight is 536 g/mol. The van der Waals surface area contributed by atoms with Crippen molar-refractivity contribution in [2.75, 3.05) is 26.7 Å². The largest absolute Gasteiger partial charge is 0.472 e. The second kappa shape index (κ2) is 11.9. The lowest BCUT2D eigenvalue weighted by molar-refractivity contribution is 0.0373. The second-order valence-electron chi connectivity index (χ2n) is 9.59. The van der Waals surface area contributed by atoms with Crippen molar-refractivity contribution in [3.8, 4) is 5.88 Å². The van der Waals surface area contributed by atoms with Crippen LogP contribution in [0.25, 0.3) is 12.2 Å². The highest BCUT2D eigenvalue weighted by Crippen LogP contribution is 2.28. The van der Waals surface area contributed by atoms with Crippen LogP contribution in [-0.4, -0.2) is 72.5 Å². The zero-order chi connectivity index (χ0) is 27.3. The summed E-state index contributed by atoms with van der Waals surface area (Å²) in [5, 5.41) is 9.87. The summed E-state index contributed by atoms with van der Waals surface area (Å²) in [4.78, 5) is 19.9. The van der Waals surface area contributed by atoms with Crippen LogP contribution in [-0.2, 0) is 10.0 Å². The fraction of sp³-hybridized carbons (Fsp3) is 0.310. The van der Waals surface area contributed by atoms with Crippen LogP contribution in [0.4, 0.5) is 0 Å². The number of nitrogens with zero attached hydrogens (tertiary/aromatic N) is 3. The lowest BCUT2D eigenvalue weighted by Crippen LogP contribution is -2.50. The van der Waals surface area contributed by atoms with Gasteiger partial charge in [0.15, 0.2) is 0 Å². The van der Waals surface area contributed by atoms with Crippen LogP contribution in [0.5, 0.6) is 5.88 Å². The first kappa shape index (κ1) is 27.5. The lowest BCUT2D eigenvalue weighted by atomic mass is 10.00. The highest BCUT2D eigenvalue weighted by molar-refractivity contribution is 7.89. The van der Waals surface area contributed by atoms with Crippen LogP contribution >= 0.6 is 0 Å². The van der Waals surface area contributed by atoms with Crippen molar-refractivity contribution >= 4 is 28.1 Å². The van der Waals surface area contributed by atoms with Crippen LogP contribution < -0.4 is 4.74 Å². The maximum absolute atomic E-state index is 13.6. The molecule has 3 atom stereocenters. The van der Waals surface area contributed by atoms with E-state index in [1.165, 1.54) is 11.4 Å². The van der Waals surface area contributed by atoms with E-state index in [0.29, 0.717) is 0 Å². The standard InChI is InChI=1S/C29H33N3O5S/c1-21-18-32(22(2)20-33)29(34)26-16-24(15-14-23-10-6-4-7-11-23)17-30-28(26)37-27(21)19-31(3)38(35,36)25-12-8-5-9-13-25/h4-17,21-22,27,33H,18-20H2,1-3H3/b15-14+/t21-,22-,27-/m0/s1. The molecular weight excluding hydrogens is 502 g/mol. The van der Waals surface area contributed by atoms with Crippen molar-refractivity contribution < 1.29 is 23.1 Å². The average Bonchev–Trinajstić information content (AvgIpc) is 2.94. The summed E-state index contributed by atoms with van der Waals surface area (Å²) in [5.41, 5.74) is 2.00. The molecular formula is C29H33N3O5S. The summed E-state index contributed by atoms with van der Waals surface area (Å²) >= 11 is 0. The number of rotatable bonds is 8. The summed E-state index contributed by atoms with van der Waals surface area (Å²) in [6.07, 6.45) is 4.84. The van der Waals surface area contributed by atoms with E-state index in [1.54, 1.807) is 54.4 Å². The smallest absolute Gasteiger partial charge is 0.259 e. The van der Waals surface area contributed by atoms with Crippen molar-refractivity contribution in [1.82, 2.24) is 14.2 Å². The number of carbonyl (C=O) groups excluding carboxylic acids is 1.